The molecule has 2 rings (SSSR count). The van der Waals surface area contributed by atoms with Gasteiger partial charge in [-0.25, -0.2) is 13.2 Å². The Morgan fingerprint density at radius 3 is 2.25 bits per heavy atom. The summed E-state index contributed by atoms with van der Waals surface area (Å²) in [6.45, 7) is 0. The SMILES string of the molecule is COC(=O)c1ccc(S(=O)(=O)Nc2cc[c]cc2)cc1. The molecule has 0 amide bonds. The number of carbonyl (C=O) groups excluding carboxylic acids is 1. The van der Waals surface area contributed by atoms with Crippen LogP contribution in [0.4, 0.5) is 5.69 Å². The van der Waals surface area contributed by atoms with E-state index in [-0.39, 0.29) is 4.90 Å². The fourth-order valence-corrected chi connectivity index (χ4v) is 2.62. The van der Waals surface area contributed by atoms with Crippen molar-refractivity contribution in [3.63, 3.8) is 0 Å². The summed E-state index contributed by atoms with van der Waals surface area (Å²) >= 11 is 0. The van der Waals surface area contributed by atoms with E-state index in [2.05, 4.69) is 15.5 Å². The Kier molecular flexibility index (Phi) is 4.05. The number of anilines is 1. The van der Waals surface area contributed by atoms with Crippen LogP contribution in [0.2, 0.25) is 0 Å². The maximum atomic E-state index is 12.1. The van der Waals surface area contributed by atoms with Gasteiger partial charge in [-0.15, -0.1) is 0 Å². The van der Waals surface area contributed by atoms with Gasteiger partial charge in [0.2, 0.25) is 0 Å². The van der Waals surface area contributed by atoms with E-state index in [1.165, 1.54) is 31.4 Å². The number of carbonyl (C=O) groups is 1. The van der Waals surface area contributed by atoms with Crippen LogP contribution in [0, 0.1) is 6.07 Å². The first-order chi connectivity index (χ1) is 9.53. The Balaban J connectivity index is 2.24. The van der Waals surface area contributed by atoms with Crippen LogP contribution in [-0.4, -0.2) is 21.5 Å². The molecule has 0 aliphatic heterocycles. The molecule has 0 heterocycles. The lowest BCUT2D eigenvalue weighted by Gasteiger charge is -2.08. The zero-order chi connectivity index (χ0) is 14.6. The normalized spacial score (nSPS) is 10.8. The first-order valence-electron chi connectivity index (χ1n) is 5.70. The molecular weight excluding hydrogens is 278 g/mol. The third-order valence-electron chi connectivity index (χ3n) is 2.56. The van der Waals surface area contributed by atoms with E-state index in [9.17, 15) is 13.2 Å². The topological polar surface area (TPSA) is 72.5 Å². The van der Waals surface area contributed by atoms with Crippen molar-refractivity contribution >= 4 is 21.7 Å². The number of rotatable bonds is 4. The number of nitrogens with one attached hydrogen (secondary N) is 1. The highest BCUT2D eigenvalue weighted by Crippen LogP contribution is 2.16. The second-order valence-electron chi connectivity index (χ2n) is 3.91. The van der Waals surface area contributed by atoms with Crippen molar-refractivity contribution < 1.29 is 17.9 Å². The van der Waals surface area contributed by atoms with Gasteiger partial charge >= 0.3 is 5.97 Å². The second kappa shape index (κ2) is 5.75. The van der Waals surface area contributed by atoms with E-state index in [1.807, 2.05) is 0 Å². The summed E-state index contributed by atoms with van der Waals surface area (Å²) in [5, 5.41) is 0. The van der Waals surface area contributed by atoms with Gasteiger partial charge in [0.05, 0.1) is 17.6 Å². The van der Waals surface area contributed by atoms with E-state index in [4.69, 9.17) is 0 Å². The van der Waals surface area contributed by atoms with Crippen LogP contribution in [0.25, 0.3) is 0 Å². The monoisotopic (exact) mass is 290 g/mol. The standard InChI is InChI=1S/C14H12NO4S/c1-19-14(16)11-7-9-13(10-8-11)20(17,18)15-12-5-3-2-4-6-12/h3-10,15H,1H3. The fourth-order valence-electron chi connectivity index (χ4n) is 1.56. The molecule has 5 nitrogen and oxygen atoms in total. The molecule has 2 aromatic rings. The summed E-state index contributed by atoms with van der Waals surface area (Å²) in [6, 6.07) is 14.7. The minimum absolute atomic E-state index is 0.0676. The molecule has 0 fully saturated rings. The smallest absolute Gasteiger partial charge is 0.337 e. The van der Waals surface area contributed by atoms with Crippen molar-refractivity contribution in [2.45, 2.75) is 4.90 Å². The van der Waals surface area contributed by atoms with Gasteiger partial charge in [-0.05, 0) is 42.5 Å². The summed E-state index contributed by atoms with van der Waals surface area (Å²) in [5.74, 6) is -0.513. The molecular formula is C14H12NO4S. The predicted octanol–water partition coefficient (Wildman–Crippen LogP) is 2.07. The maximum Gasteiger partial charge on any atom is 0.337 e. The Labute approximate surface area is 117 Å². The molecule has 103 valence electrons. The third-order valence-corrected chi connectivity index (χ3v) is 3.95. The Morgan fingerprint density at radius 2 is 1.70 bits per heavy atom. The van der Waals surface area contributed by atoms with Gasteiger partial charge < -0.3 is 4.74 Å². The highest BCUT2D eigenvalue weighted by molar-refractivity contribution is 7.92. The van der Waals surface area contributed by atoms with Gasteiger partial charge in [-0.2, -0.15) is 0 Å². The maximum absolute atomic E-state index is 12.1. The van der Waals surface area contributed by atoms with Crippen LogP contribution in [0.3, 0.4) is 0 Å². The zero-order valence-corrected chi connectivity index (χ0v) is 11.5. The summed E-state index contributed by atoms with van der Waals surface area (Å²) in [6.07, 6.45) is 0. The first-order valence-corrected chi connectivity index (χ1v) is 7.18. The highest BCUT2D eigenvalue weighted by atomic mass is 32.2. The molecule has 0 atom stereocenters. The lowest BCUT2D eigenvalue weighted by atomic mass is 10.2. The number of benzene rings is 2. The van der Waals surface area contributed by atoms with Crippen LogP contribution in [0.1, 0.15) is 10.4 Å². The van der Waals surface area contributed by atoms with Gasteiger partial charge in [0, 0.05) is 5.69 Å². The predicted molar refractivity (Wildman–Crippen MR) is 73.9 cm³/mol. The van der Waals surface area contributed by atoms with E-state index >= 15 is 0 Å². The number of hydrogen-bond donors (Lipinski definition) is 1. The van der Waals surface area contributed by atoms with Crippen molar-refractivity contribution in [2.24, 2.45) is 0 Å². The van der Waals surface area contributed by atoms with Crippen molar-refractivity contribution in [2.75, 3.05) is 11.8 Å². The Morgan fingerprint density at radius 1 is 1.10 bits per heavy atom. The molecule has 1 N–H and O–H groups in total. The van der Waals surface area contributed by atoms with E-state index in [0.717, 1.165) is 0 Å². The van der Waals surface area contributed by atoms with Crippen LogP contribution in [0.15, 0.2) is 53.4 Å². The number of ether oxygens (including phenoxy) is 1. The number of esters is 1. The average molecular weight is 290 g/mol. The van der Waals surface area contributed by atoms with Crippen molar-refractivity contribution in [1.82, 2.24) is 0 Å². The molecule has 0 aromatic heterocycles. The summed E-state index contributed by atoms with van der Waals surface area (Å²) < 4.78 is 31.2. The van der Waals surface area contributed by atoms with Crippen LogP contribution in [-0.2, 0) is 14.8 Å². The molecule has 0 bridgehead atoms. The lowest BCUT2D eigenvalue weighted by molar-refractivity contribution is 0.0600. The van der Waals surface area contributed by atoms with E-state index < -0.39 is 16.0 Å². The molecule has 0 saturated heterocycles. The number of sulfonamides is 1. The number of methoxy groups -OCH3 is 1. The Hall–Kier alpha value is -2.34. The summed E-state index contributed by atoms with van der Waals surface area (Å²) in [5.41, 5.74) is 0.738. The molecule has 0 spiro atoms. The molecule has 20 heavy (non-hydrogen) atoms. The first kappa shape index (κ1) is 14.1. The van der Waals surface area contributed by atoms with E-state index in [1.54, 1.807) is 24.3 Å². The highest BCUT2D eigenvalue weighted by Gasteiger charge is 2.15. The van der Waals surface area contributed by atoms with Crippen LogP contribution < -0.4 is 4.72 Å². The van der Waals surface area contributed by atoms with Crippen molar-refractivity contribution in [1.29, 1.82) is 0 Å². The summed E-state index contributed by atoms with van der Waals surface area (Å²) in [4.78, 5) is 11.3. The van der Waals surface area contributed by atoms with Crippen LogP contribution >= 0.6 is 0 Å². The minimum atomic E-state index is -3.68. The molecule has 0 aliphatic carbocycles. The van der Waals surface area contributed by atoms with Gasteiger partial charge in [-0.1, -0.05) is 12.1 Å². The average Bonchev–Trinajstić information content (AvgIpc) is 2.47. The van der Waals surface area contributed by atoms with Gasteiger partial charge in [0.1, 0.15) is 0 Å². The van der Waals surface area contributed by atoms with Gasteiger partial charge in [0.25, 0.3) is 10.0 Å². The molecule has 1 radical (unpaired) electrons. The third kappa shape index (κ3) is 3.16. The molecule has 6 heteroatoms. The van der Waals surface area contributed by atoms with Gasteiger partial charge in [0.15, 0.2) is 0 Å². The quantitative estimate of drug-likeness (QED) is 0.875. The largest absolute Gasteiger partial charge is 0.465 e. The molecule has 2 aromatic carbocycles. The minimum Gasteiger partial charge on any atom is -0.465 e. The molecule has 0 saturated carbocycles. The second-order valence-corrected chi connectivity index (χ2v) is 5.59. The summed E-state index contributed by atoms with van der Waals surface area (Å²) in [7, 11) is -2.41. The number of hydrogen-bond acceptors (Lipinski definition) is 4. The van der Waals surface area contributed by atoms with E-state index in [0.29, 0.717) is 11.3 Å². The Bertz CT molecular complexity index is 694. The lowest BCUT2D eigenvalue weighted by Crippen LogP contribution is -2.13. The fraction of sp³-hybridized carbons (Fsp3) is 0.0714. The van der Waals surface area contributed by atoms with Crippen molar-refractivity contribution in [3.8, 4) is 0 Å². The molecule has 0 aliphatic rings. The van der Waals surface area contributed by atoms with Crippen molar-refractivity contribution in [3.05, 3.63) is 60.2 Å². The molecule has 0 unspecified atom stereocenters. The van der Waals surface area contributed by atoms with Crippen LogP contribution in [0.5, 0.6) is 0 Å². The zero-order valence-electron chi connectivity index (χ0n) is 10.7. The van der Waals surface area contributed by atoms with Gasteiger partial charge in [-0.3, -0.25) is 4.72 Å².